The summed E-state index contributed by atoms with van der Waals surface area (Å²) in [6, 6.07) is 1.98. The van der Waals surface area contributed by atoms with Crippen LogP contribution in [0.3, 0.4) is 0 Å². The molecule has 0 aliphatic rings. The first-order valence-electron chi connectivity index (χ1n) is 4.01. The summed E-state index contributed by atoms with van der Waals surface area (Å²) in [5.74, 6) is -1.86. The van der Waals surface area contributed by atoms with Crippen molar-refractivity contribution in [3.05, 3.63) is 22.7 Å². The maximum Gasteiger partial charge on any atom is 0.387 e. The maximum atomic E-state index is 12.0. The van der Waals surface area contributed by atoms with Crippen LogP contribution in [0.1, 0.15) is 10.4 Å². The summed E-state index contributed by atoms with van der Waals surface area (Å²) in [4.78, 5) is 10.7. The van der Waals surface area contributed by atoms with E-state index in [1.807, 2.05) is 0 Å². The van der Waals surface area contributed by atoms with Gasteiger partial charge in [0, 0.05) is 6.07 Å². The number of ether oxygens (including phenoxy) is 2. The Morgan fingerprint density at radius 2 is 2.06 bits per heavy atom. The molecule has 0 saturated heterocycles. The third-order valence-electron chi connectivity index (χ3n) is 1.70. The fourth-order valence-corrected chi connectivity index (χ4v) is 1.29. The lowest BCUT2D eigenvalue weighted by Crippen LogP contribution is -2.08. The summed E-state index contributed by atoms with van der Waals surface area (Å²) in [6.07, 6.45) is 0. The third-order valence-corrected chi connectivity index (χ3v) is 2.00. The Bertz CT molecular complexity index is 409. The average molecular weight is 253 g/mol. The summed E-state index contributed by atoms with van der Waals surface area (Å²) in [5, 5.41) is 8.74. The second-order valence-electron chi connectivity index (χ2n) is 2.67. The first kappa shape index (κ1) is 12.5. The Kier molecular flexibility index (Phi) is 3.89. The van der Waals surface area contributed by atoms with Crippen LogP contribution in [0.25, 0.3) is 0 Å². The molecule has 1 N–H and O–H groups in total. The number of hydrogen-bond acceptors (Lipinski definition) is 3. The second kappa shape index (κ2) is 4.98. The number of benzene rings is 1. The van der Waals surface area contributed by atoms with Gasteiger partial charge in [-0.2, -0.15) is 8.78 Å². The van der Waals surface area contributed by atoms with E-state index in [4.69, 9.17) is 21.4 Å². The molecule has 0 radical (unpaired) electrons. The van der Waals surface area contributed by atoms with Gasteiger partial charge in [0.25, 0.3) is 0 Å². The predicted octanol–water partition coefficient (Wildman–Crippen LogP) is 2.65. The van der Waals surface area contributed by atoms with E-state index in [0.717, 1.165) is 12.1 Å². The minimum Gasteiger partial charge on any atom is -0.495 e. The quantitative estimate of drug-likeness (QED) is 0.895. The van der Waals surface area contributed by atoms with Crippen molar-refractivity contribution < 1.29 is 28.2 Å². The Morgan fingerprint density at radius 3 is 2.50 bits per heavy atom. The van der Waals surface area contributed by atoms with Crippen LogP contribution in [0.4, 0.5) is 8.78 Å². The molecule has 1 aromatic rings. The van der Waals surface area contributed by atoms with Gasteiger partial charge in [0.1, 0.15) is 17.1 Å². The van der Waals surface area contributed by atoms with E-state index in [0.29, 0.717) is 0 Å². The van der Waals surface area contributed by atoms with E-state index in [1.54, 1.807) is 0 Å². The second-order valence-corrected chi connectivity index (χ2v) is 3.07. The molecule has 7 heteroatoms. The molecule has 0 aromatic heterocycles. The number of methoxy groups -OCH3 is 1. The topological polar surface area (TPSA) is 55.8 Å². The van der Waals surface area contributed by atoms with Crippen LogP contribution in [0, 0.1) is 0 Å². The van der Waals surface area contributed by atoms with Gasteiger partial charge in [-0.1, -0.05) is 11.6 Å². The highest BCUT2D eigenvalue weighted by Crippen LogP contribution is 2.33. The lowest BCUT2D eigenvalue weighted by molar-refractivity contribution is -0.0504. The van der Waals surface area contributed by atoms with Gasteiger partial charge >= 0.3 is 12.6 Å². The van der Waals surface area contributed by atoms with Crippen molar-refractivity contribution in [1.82, 2.24) is 0 Å². The highest BCUT2D eigenvalue weighted by molar-refractivity contribution is 6.32. The summed E-state index contributed by atoms with van der Waals surface area (Å²) in [6.45, 7) is -3.12. The standard InChI is InChI=1S/C9H7ClF2O4/c1-15-7-3-6(16-9(11)12)4(8(13)14)2-5(7)10/h2-3,9H,1H3,(H,13,14). The van der Waals surface area contributed by atoms with Gasteiger partial charge in [0.2, 0.25) is 0 Å². The first-order chi connectivity index (χ1) is 7.45. The van der Waals surface area contributed by atoms with Crippen molar-refractivity contribution in [3.63, 3.8) is 0 Å². The molecule has 0 spiro atoms. The minimum absolute atomic E-state index is 0.00140. The monoisotopic (exact) mass is 252 g/mol. The smallest absolute Gasteiger partial charge is 0.387 e. The minimum atomic E-state index is -3.12. The van der Waals surface area contributed by atoms with Crippen LogP contribution in [0.2, 0.25) is 5.02 Å². The van der Waals surface area contributed by atoms with Crippen LogP contribution in [0.15, 0.2) is 12.1 Å². The number of carboxylic acid groups (broad SMARTS) is 1. The van der Waals surface area contributed by atoms with Crippen molar-refractivity contribution in [2.24, 2.45) is 0 Å². The molecule has 0 amide bonds. The van der Waals surface area contributed by atoms with Crippen molar-refractivity contribution in [2.45, 2.75) is 6.61 Å². The molecular weight excluding hydrogens is 246 g/mol. The van der Waals surface area contributed by atoms with E-state index in [9.17, 15) is 13.6 Å². The number of halogens is 3. The molecule has 1 rings (SSSR count). The Morgan fingerprint density at radius 1 is 1.44 bits per heavy atom. The summed E-state index contributed by atoms with van der Waals surface area (Å²) < 4.78 is 32.8. The molecule has 16 heavy (non-hydrogen) atoms. The van der Waals surface area contributed by atoms with Gasteiger partial charge in [0.05, 0.1) is 12.1 Å². The summed E-state index contributed by atoms with van der Waals surface area (Å²) in [5.41, 5.74) is -0.453. The SMILES string of the molecule is COc1cc(OC(F)F)c(C(=O)O)cc1Cl. The molecule has 88 valence electrons. The molecule has 0 bridgehead atoms. The number of carboxylic acids is 1. The lowest BCUT2D eigenvalue weighted by Gasteiger charge is -2.10. The van der Waals surface area contributed by atoms with E-state index >= 15 is 0 Å². The molecule has 0 heterocycles. The molecule has 1 aromatic carbocycles. The van der Waals surface area contributed by atoms with Crippen LogP contribution in [-0.4, -0.2) is 24.8 Å². The Balaban J connectivity index is 3.25. The van der Waals surface area contributed by atoms with Gasteiger partial charge in [-0.25, -0.2) is 4.79 Å². The number of alkyl halides is 2. The van der Waals surface area contributed by atoms with Crippen molar-refractivity contribution in [2.75, 3.05) is 7.11 Å². The summed E-state index contributed by atoms with van der Waals surface area (Å²) >= 11 is 5.65. The first-order valence-corrected chi connectivity index (χ1v) is 4.39. The molecule has 0 saturated carbocycles. The fourth-order valence-electron chi connectivity index (χ4n) is 1.05. The molecule has 0 unspecified atom stereocenters. The molecule has 0 atom stereocenters. The van der Waals surface area contributed by atoms with Crippen LogP contribution in [-0.2, 0) is 0 Å². The van der Waals surface area contributed by atoms with Gasteiger partial charge in [-0.15, -0.1) is 0 Å². The predicted molar refractivity (Wildman–Crippen MR) is 51.6 cm³/mol. The summed E-state index contributed by atoms with van der Waals surface area (Å²) in [7, 11) is 1.27. The van der Waals surface area contributed by atoms with Crippen LogP contribution >= 0.6 is 11.6 Å². The molecule has 0 fully saturated rings. The third kappa shape index (κ3) is 2.73. The largest absolute Gasteiger partial charge is 0.495 e. The van der Waals surface area contributed by atoms with Gasteiger partial charge in [-0.3, -0.25) is 0 Å². The van der Waals surface area contributed by atoms with Crippen molar-refractivity contribution >= 4 is 17.6 Å². The number of hydrogen-bond donors (Lipinski definition) is 1. The zero-order valence-electron chi connectivity index (χ0n) is 8.04. The van der Waals surface area contributed by atoms with Gasteiger partial charge < -0.3 is 14.6 Å². The van der Waals surface area contributed by atoms with Crippen molar-refractivity contribution in [3.8, 4) is 11.5 Å². The fraction of sp³-hybridized carbons (Fsp3) is 0.222. The lowest BCUT2D eigenvalue weighted by atomic mass is 10.2. The number of aromatic carboxylic acids is 1. The van der Waals surface area contributed by atoms with Crippen LogP contribution < -0.4 is 9.47 Å². The zero-order chi connectivity index (χ0) is 12.3. The normalized spacial score (nSPS) is 10.3. The highest BCUT2D eigenvalue weighted by Gasteiger charge is 2.18. The molecular formula is C9H7ClF2O4. The van der Waals surface area contributed by atoms with Gasteiger partial charge in [-0.05, 0) is 6.07 Å². The Labute approximate surface area is 94.3 Å². The van der Waals surface area contributed by atoms with Crippen LogP contribution in [0.5, 0.6) is 11.5 Å². The van der Waals surface area contributed by atoms with Gasteiger partial charge in [0.15, 0.2) is 0 Å². The van der Waals surface area contributed by atoms with E-state index in [-0.39, 0.29) is 10.8 Å². The zero-order valence-corrected chi connectivity index (χ0v) is 8.79. The van der Waals surface area contributed by atoms with E-state index in [2.05, 4.69) is 4.74 Å². The number of carbonyl (C=O) groups is 1. The van der Waals surface area contributed by atoms with E-state index in [1.165, 1.54) is 7.11 Å². The number of rotatable bonds is 4. The average Bonchev–Trinajstić information content (AvgIpc) is 2.19. The maximum absolute atomic E-state index is 12.0. The molecule has 0 aliphatic carbocycles. The molecule has 0 aliphatic heterocycles. The van der Waals surface area contributed by atoms with E-state index < -0.39 is 23.9 Å². The Hall–Kier alpha value is -1.56. The van der Waals surface area contributed by atoms with Crippen molar-refractivity contribution in [1.29, 1.82) is 0 Å². The highest BCUT2D eigenvalue weighted by atomic mass is 35.5. The molecule has 4 nitrogen and oxygen atoms in total.